The van der Waals surface area contributed by atoms with E-state index in [4.69, 9.17) is 4.74 Å². The van der Waals surface area contributed by atoms with Gasteiger partial charge < -0.3 is 20.5 Å². The number of hydrogen-bond donors (Lipinski definition) is 3. The van der Waals surface area contributed by atoms with Crippen molar-refractivity contribution in [1.29, 1.82) is 0 Å². The van der Waals surface area contributed by atoms with Gasteiger partial charge in [0, 0.05) is 12.5 Å². The first-order valence-electron chi connectivity index (χ1n) is 12.4. The summed E-state index contributed by atoms with van der Waals surface area (Å²) in [7, 11) is 0. The third-order valence-electron chi connectivity index (χ3n) is 7.27. The van der Waals surface area contributed by atoms with Crippen LogP contribution in [0.15, 0.2) is 48.5 Å². The molecular formula is C28H34N2O5. The summed E-state index contributed by atoms with van der Waals surface area (Å²) in [6.45, 7) is 4.17. The molecule has 4 rings (SSSR count). The second-order valence-electron chi connectivity index (χ2n) is 10.2. The molecule has 0 aliphatic heterocycles. The predicted molar refractivity (Wildman–Crippen MR) is 133 cm³/mol. The van der Waals surface area contributed by atoms with E-state index in [1.807, 2.05) is 38.1 Å². The lowest BCUT2D eigenvalue weighted by molar-refractivity contribution is -0.148. The molecule has 1 saturated carbocycles. The van der Waals surface area contributed by atoms with Gasteiger partial charge >= 0.3 is 12.1 Å². The van der Waals surface area contributed by atoms with Crippen LogP contribution in [0.3, 0.4) is 0 Å². The van der Waals surface area contributed by atoms with Crippen molar-refractivity contribution in [2.24, 2.45) is 11.3 Å². The van der Waals surface area contributed by atoms with E-state index in [1.165, 1.54) is 0 Å². The Balaban J connectivity index is 1.38. The van der Waals surface area contributed by atoms with Crippen LogP contribution in [-0.4, -0.2) is 42.3 Å². The summed E-state index contributed by atoms with van der Waals surface area (Å²) in [5, 5.41) is 15.2. The second-order valence-corrected chi connectivity index (χ2v) is 10.2. The molecule has 0 spiro atoms. The van der Waals surface area contributed by atoms with Crippen molar-refractivity contribution in [3.05, 3.63) is 59.7 Å². The Hall–Kier alpha value is -3.35. The van der Waals surface area contributed by atoms with Gasteiger partial charge in [-0.05, 0) is 47.4 Å². The van der Waals surface area contributed by atoms with E-state index >= 15 is 0 Å². The lowest BCUT2D eigenvalue weighted by Gasteiger charge is -2.26. The van der Waals surface area contributed by atoms with Gasteiger partial charge in [0.1, 0.15) is 12.6 Å². The molecule has 7 heteroatoms. The summed E-state index contributed by atoms with van der Waals surface area (Å²) in [4.78, 5) is 37.5. The molecular weight excluding hydrogens is 444 g/mol. The summed E-state index contributed by atoms with van der Waals surface area (Å²) in [6, 6.07) is 15.4. The Labute approximate surface area is 206 Å². The lowest BCUT2D eigenvalue weighted by Crippen LogP contribution is -2.51. The normalized spacial score (nSPS) is 16.9. The molecule has 2 aliphatic rings. The van der Waals surface area contributed by atoms with Crippen LogP contribution < -0.4 is 10.6 Å². The third-order valence-corrected chi connectivity index (χ3v) is 7.27. The van der Waals surface area contributed by atoms with Gasteiger partial charge in [0.2, 0.25) is 5.91 Å². The number of amides is 2. The monoisotopic (exact) mass is 478 g/mol. The first kappa shape index (κ1) is 24.8. The number of benzene rings is 2. The lowest BCUT2D eigenvalue weighted by atomic mass is 9.86. The topological polar surface area (TPSA) is 105 Å². The van der Waals surface area contributed by atoms with Crippen molar-refractivity contribution in [3.8, 4) is 11.1 Å². The van der Waals surface area contributed by atoms with E-state index in [9.17, 15) is 19.5 Å². The minimum absolute atomic E-state index is 0.0664. The third kappa shape index (κ3) is 5.34. The Bertz CT molecular complexity index is 1040. The van der Waals surface area contributed by atoms with Crippen LogP contribution in [0.5, 0.6) is 0 Å². The number of carbonyl (C=O) groups is 3. The minimum Gasteiger partial charge on any atom is -0.481 e. The Morgan fingerprint density at radius 3 is 2.11 bits per heavy atom. The summed E-state index contributed by atoms with van der Waals surface area (Å²) >= 11 is 0. The maximum Gasteiger partial charge on any atom is 0.407 e. The van der Waals surface area contributed by atoms with Crippen molar-refractivity contribution in [2.45, 2.75) is 57.9 Å². The number of aliphatic carboxylic acids is 1. The molecule has 7 nitrogen and oxygen atoms in total. The average Bonchev–Trinajstić information content (AvgIpc) is 3.44. The molecule has 186 valence electrons. The van der Waals surface area contributed by atoms with Gasteiger partial charge in [0.15, 0.2) is 0 Å². The van der Waals surface area contributed by atoms with Crippen LogP contribution >= 0.6 is 0 Å². The van der Waals surface area contributed by atoms with Crippen molar-refractivity contribution in [1.82, 2.24) is 10.6 Å². The Morgan fingerprint density at radius 2 is 1.57 bits per heavy atom. The first-order chi connectivity index (χ1) is 16.8. The number of alkyl carbamates (subject to hydrolysis) is 1. The summed E-state index contributed by atoms with van der Waals surface area (Å²) in [6.07, 6.45) is 2.57. The molecule has 1 atom stereocenters. The number of carboxylic acids is 1. The maximum atomic E-state index is 12.9. The SMILES string of the molecule is CC(C)C[C@H](NC(=O)OCC1c2ccccc2-c2ccccc21)C(=O)NCC1(C(=O)O)CCCC1. The maximum absolute atomic E-state index is 12.9. The van der Waals surface area contributed by atoms with Crippen LogP contribution in [0.1, 0.15) is 63.0 Å². The largest absolute Gasteiger partial charge is 0.481 e. The molecule has 0 bridgehead atoms. The van der Waals surface area contributed by atoms with Crippen molar-refractivity contribution in [3.63, 3.8) is 0 Å². The van der Waals surface area contributed by atoms with Crippen LogP contribution in [0.4, 0.5) is 4.79 Å². The zero-order chi connectivity index (χ0) is 25.0. The van der Waals surface area contributed by atoms with E-state index in [-0.39, 0.29) is 30.9 Å². The zero-order valence-electron chi connectivity index (χ0n) is 20.4. The van der Waals surface area contributed by atoms with Gasteiger partial charge in [-0.15, -0.1) is 0 Å². The molecule has 0 unspecified atom stereocenters. The van der Waals surface area contributed by atoms with Crippen LogP contribution in [0, 0.1) is 11.3 Å². The van der Waals surface area contributed by atoms with Crippen LogP contribution in [0.25, 0.3) is 11.1 Å². The smallest absolute Gasteiger partial charge is 0.407 e. The molecule has 3 N–H and O–H groups in total. The Kier molecular flexibility index (Phi) is 7.43. The van der Waals surface area contributed by atoms with E-state index in [0.29, 0.717) is 19.3 Å². The zero-order valence-corrected chi connectivity index (χ0v) is 20.4. The minimum atomic E-state index is -0.915. The summed E-state index contributed by atoms with van der Waals surface area (Å²) < 4.78 is 5.61. The second kappa shape index (κ2) is 10.5. The van der Waals surface area contributed by atoms with Gasteiger partial charge in [-0.25, -0.2) is 4.79 Å². The molecule has 0 heterocycles. The standard InChI is InChI=1S/C28H34N2O5/c1-18(2)15-24(25(31)29-17-28(26(32)33)13-7-8-14-28)30-27(34)35-16-23-21-11-5-3-9-19(21)20-10-4-6-12-22(20)23/h3-6,9-12,18,23-24H,7-8,13-17H2,1-2H3,(H,29,31)(H,30,34)(H,32,33)/t24-/m0/s1. The average molecular weight is 479 g/mol. The van der Waals surface area contributed by atoms with E-state index < -0.39 is 23.5 Å². The molecule has 0 radical (unpaired) electrons. The van der Waals surface area contributed by atoms with Gasteiger partial charge in [0.25, 0.3) is 0 Å². The number of nitrogens with one attached hydrogen (secondary N) is 2. The van der Waals surface area contributed by atoms with Crippen molar-refractivity contribution in [2.75, 3.05) is 13.2 Å². The van der Waals surface area contributed by atoms with Crippen LogP contribution in [0.2, 0.25) is 0 Å². The molecule has 2 aromatic carbocycles. The van der Waals surface area contributed by atoms with Gasteiger partial charge in [-0.3, -0.25) is 9.59 Å². The number of hydrogen-bond acceptors (Lipinski definition) is 4. The van der Waals surface area contributed by atoms with E-state index in [2.05, 4.69) is 34.9 Å². The number of fused-ring (bicyclic) bond motifs is 3. The van der Waals surface area contributed by atoms with Gasteiger partial charge in [0.05, 0.1) is 5.41 Å². The fourth-order valence-corrected chi connectivity index (χ4v) is 5.38. The highest BCUT2D eigenvalue weighted by Gasteiger charge is 2.42. The molecule has 0 aromatic heterocycles. The number of carboxylic acid groups (broad SMARTS) is 1. The highest BCUT2D eigenvalue weighted by Crippen LogP contribution is 2.44. The molecule has 2 aromatic rings. The number of ether oxygens (including phenoxy) is 1. The molecule has 2 amide bonds. The van der Waals surface area contributed by atoms with Crippen molar-refractivity contribution < 1.29 is 24.2 Å². The molecule has 0 saturated heterocycles. The highest BCUT2D eigenvalue weighted by atomic mass is 16.5. The van der Waals surface area contributed by atoms with Crippen molar-refractivity contribution >= 4 is 18.0 Å². The number of carbonyl (C=O) groups excluding carboxylic acids is 2. The summed E-state index contributed by atoms with van der Waals surface area (Å²) in [5.41, 5.74) is 3.62. The molecule has 35 heavy (non-hydrogen) atoms. The first-order valence-corrected chi connectivity index (χ1v) is 12.4. The fourth-order valence-electron chi connectivity index (χ4n) is 5.38. The summed E-state index contributed by atoms with van der Waals surface area (Å²) in [5.74, 6) is -1.16. The van der Waals surface area contributed by atoms with E-state index in [0.717, 1.165) is 35.1 Å². The van der Waals surface area contributed by atoms with E-state index in [1.54, 1.807) is 0 Å². The predicted octanol–water partition coefficient (Wildman–Crippen LogP) is 4.70. The molecule has 2 aliphatic carbocycles. The van der Waals surface area contributed by atoms with Crippen LogP contribution in [-0.2, 0) is 14.3 Å². The number of rotatable bonds is 9. The highest BCUT2D eigenvalue weighted by molar-refractivity contribution is 5.86. The fraction of sp³-hybridized carbons (Fsp3) is 0.464. The van der Waals surface area contributed by atoms with Gasteiger partial charge in [-0.1, -0.05) is 75.2 Å². The quantitative estimate of drug-likeness (QED) is 0.485. The van der Waals surface area contributed by atoms with Gasteiger partial charge in [-0.2, -0.15) is 0 Å². The molecule has 1 fully saturated rings. The Morgan fingerprint density at radius 1 is 1.00 bits per heavy atom.